The fourth-order valence-electron chi connectivity index (χ4n) is 5.94. The molecule has 0 unspecified atom stereocenters. The number of hydrogen-bond donors (Lipinski definition) is 0. The first-order valence-electron chi connectivity index (χ1n) is 16.6. The lowest BCUT2D eigenvalue weighted by molar-refractivity contribution is -0.230. The highest BCUT2D eigenvalue weighted by Gasteiger charge is 2.51. The predicted molar refractivity (Wildman–Crippen MR) is 188 cm³/mol. The highest BCUT2D eigenvalue weighted by molar-refractivity contribution is 5.90. The van der Waals surface area contributed by atoms with Gasteiger partial charge in [-0.25, -0.2) is 9.59 Å². The fourth-order valence-corrected chi connectivity index (χ4v) is 5.94. The van der Waals surface area contributed by atoms with Gasteiger partial charge in [0.05, 0.1) is 38.1 Å². The SMILES string of the molecule is COc1ccc(CO[C@H]2[C@H](OCc3ccccc3)[C@@H](OCc3ccccc3)[C@@H](OC(=O)c3ccccc3)C[C@H]2OC(=O)c2ccccc2)cc1. The van der Waals surface area contributed by atoms with Crippen LogP contribution in [0.3, 0.4) is 0 Å². The molecule has 0 amide bonds. The van der Waals surface area contributed by atoms with Crippen LogP contribution >= 0.6 is 0 Å². The molecule has 5 aromatic rings. The molecule has 1 aliphatic carbocycles. The summed E-state index contributed by atoms with van der Waals surface area (Å²) in [6, 6.07) is 44.6. The van der Waals surface area contributed by atoms with E-state index in [1.165, 1.54) is 0 Å². The molecule has 0 heterocycles. The van der Waals surface area contributed by atoms with E-state index in [9.17, 15) is 9.59 Å². The number of esters is 2. The highest BCUT2D eigenvalue weighted by Crippen LogP contribution is 2.34. The molecule has 5 atom stereocenters. The number of rotatable bonds is 14. The molecular weight excluding hydrogens is 632 g/mol. The summed E-state index contributed by atoms with van der Waals surface area (Å²) in [5.41, 5.74) is 3.55. The van der Waals surface area contributed by atoms with Gasteiger partial charge in [0.25, 0.3) is 0 Å². The second-order valence-corrected chi connectivity index (χ2v) is 12.0. The summed E-state index contributed by atoms with van der Waals surface area (Å²) in [5, 5.41) is 0. The van der Waals surface area contributed by atoms with Crippen molar-refractivity contribution >= 4 is 11.9 Å². The van der Waals surface area contributed by atoms with E-state index < -0.39 is 42.5 Å². The van der Waals surface area contributed by atoms with Gasteiger partial charge in [0.15, 0.2) is 0 Å². The Hall–Kier alpha value is -5.28. The molecule has 0 aromatic heterocycles. The summed E-state index contributed by atoms with van der Waals surface area (Å²) < 4.78 is 37.7. The summed E-state index contributed by atoms with van der Waals surface area (Å²) in [7, 11) is 1.62. The minimum atomic E-state index is -0.855. The molecule has 0 bridgehead atoms. The zero-order valence-electron chi connectivity index (χ0n) is 27.8. The lowest BCUT2D eigenvalue weighted by Crippen LogP contribution is -2.60. The van der Waals surface area contributed by atoms with Crippen molar-refractivity contribution in [2.24, 2.45) is 0 Å². The molecule has 0 saturated heterocycles. The van der Waals surface area contributed by atoms with Crippen LogP contribution in [0.1, 0.15) is 43.8 Å². The fraction of sp³-hybridized carbons (Fsp3) is 0.238. The largest absolute Gasteiger partial charge is 0.497 e. The summed E-state index contributed by atoms with van der Waals surface area (Å²) in [4.78, 5) is 27.1. The molecule has 0 aliphatic heterocycles. The average molecular weight is 673 g/mol. The number of carbonyl (C=O) groups is 2. The van der Waals surface area contributed by atoms with Gasteiger partial charge < -0.3 is 28.4 Å². The van der Waals surface area contributed by atoms with Gasteiger partial charge in [0.2, 0.25) is 0 Å². The van der Waals surface area contributed by atoms with E-state index in [4.69, 9.17) is 28.4 Å². The van der Waals surface area contributed by atoms with E-state index in [1.807, 2.05) is 97.1 Å². The second-order valence-electron chi connectivity index (χ2n) is 12.0. The van der Waals surface area contributed by atoms with Crippen molar-refractivity contribution < 1.29 is 38.0 Å². The Balaban J connectivity index is 1.36. The Kier molecular flexibility index (Phi) is 12.0. The van der Waals surface area contributed by atoms with Gasteiger partial charge in [0.1, 0.15) is 36.3 Å². The van der Waals surface area contributed by atoms with Crippen LogP contribution in [0.15, 0.2) is 146 Å². The Morgan fingerprint density at radius 1 is 0.480 bits per heavy atom. The monoisotopic (exact) mass is 672 g/mol. The third-order valence-corrected chi connectivity index (χ3v) is 8.55. The van der Waals surface area contributed by atoms with Crippen molar-refractivity contribution in [1.29, 1.82) is 0 Å². The third kappa shape index (κ3) is 9.24. The number of hydrogen-bond acceptors (Lipinski definition) is 8. The van der Waals surface area contributed by atoms with Crippen LogP contribution in [0.5, 0.6) is 5.75 Å². The standard InChI is InChI=1S/C42H40O8/c1-45-35-24-22-32(23-25-35)29-47-39-37(50-42(44)34-20-12-5-13-21-34)26-36(49-41(43)33-18-10-4-11-19-33)38(46-27-30-14-6-2-7-15-30)40(39)48-28-31-16-8-3-9-17-31/h2-25,36-40H,26-29H2,1H3/t36-,37+,38-,39+,40+/m0/s1. The summed E-state index contributed by atoms with van der Waals surface area (Å²) in [6.07, 6.45) is -3.96. The number of ether oxygens (including phenoxy) is 6. The maximum Gasteiger partial charge on any atom is 0.338 e. The van der Waals surface area contributed by atoms with Gasteiger partial charge in [-0.05, 0) is 53.1 Å². The number of benzene rings is 5. The first kappa shape index (κ1) is 34.6. The maximum absolute atomic E-state index is 13.6. The van der Waals surface area contributed by atoms with Gasteiger partial charge in [-0.2, -0.15) is 0 Å². The molecule has 8 nitrogen and oxygen atoms in total. The minimum absolute atomic E-state index is 0.120. The van der Waals surface area contributed by atoms with Gasteiger partial charge in [-0.3, -0.25) is 0 Å². The average Bonchev–Trinajstić information content (AvgIpc) is 3.18. The first-order chi connectivity index (χ1) is 24.6. The molecule has 1 saturated carbocycles. The summed E-state index contributed by atoms with van der Waals surface area (Å²) in [6.45, 7) is 0.646. The van der Waals surface area contributed by atoms with Crippen LogP contribution in [0.2, 0.25) is 0 Å². The van der Waals surface area contributed by atoms with Crippen LogP contribution in [-0.4, -0.2) is 49.6 Å². The summed E-state index contributed by atoms with van der Waals surface area (Å²) >= 11 is 0. The van der Waals surface area contributed by atoms with Gasteiger partial charge in [0, 0.05) is 6.42 Å². The Morgan fingerprint density at radius 2 is 0.840 bits per heavy atom. The van der Waals surface area contributed by atoms with Crippen molar-refractivity contribution in [2.45, 2.75) is 56.8 Å². The molecular formula is C42H40O8. The normalized spacial score (nSPS) is 20.1. The molecule has 1 aliphatic rings. The smallest absolute Gasteiger partial charge is 0.338 e. The Morgan fingerprint density at radius 3 is 1.24 bits per heavy atom. The molecule has 8 heteroatoms. The van der Waals surface area contributed by atoms with E-state index in [1.54, 1.807) is 55.6 Å². The number of methoxy groups -OCH3 is 1. The first-order valence-corrected chi connectivity index (χ1v) is 16.6. The summed E-state index contributed by atoms with van der Waals surface area (Å²) in [5.74, 6) is -0.314. The molecule has 0 radical (unpaired) electrons. The van der Waals surface area contributed by atoms with Crippen molar-refractivity contribution in [3.8, 4) is 5.75 Å². The lowest BCUT2D eigenvalue weighted by Gasteiger charge is -2.45. The highest BCUT2D eigenvalue weighted by atomic mass is 16.6. The van der Waals surface area contributed by atoms with Crippen LogP contribution in [-0.2, 0) is 43.5 Å². The van der Waals surface area contributed by atoms with Crippen LogP contribution in [0.4, 0.5) is 0 Å². The Bertz CT molecular complexity index is 1770. The van der Waals surface area contributed by atoms with E-state index >= 15 is 0 Å². The molecule has 0 spiro atoms. The van der Waals surface area contributed by atoms with Crippen molar-refractivity contribution in [3.63, 3.8) is 0 Å². The quantitative estimate of drug-likeness (QED) is 0.111. The zero-order chi connectivity index (χ0) is 34.5. The van der Waals surface area contributed by atoms with E-state index in [-0.39, 0.29) is 26.2 Å². The minimum Gasteiger partial charge on any atom is -0.497 e. The van der Waals surface area contributed by atoms with Crippen molar-refractivity contribution in [1.82, 2.24) is 0 Å². The zero-order valence-corrected chi connectivity index (χ0v) is 27.8. The van der Waals surface area contributed by atoms with Crippen molar-refractivity contribution in [3.05, 3.63) is 173 Å². The van der Waals surface area contributed by atoms with E-state index in [0.717, 1.165) is 22.4 Å². The molecule has 1 fully saturated rings. The molecule has 5 aromatic carbocycles. The van der Waals surface area contributed by atoms with Crippen LogP contribution in [0.25, 0.3) is 0 Å². The maximum atomic E-state index is 13.6. The second kappa shape index (κ2) is 17.4. The van der Waals surface area contributed by atoms with E-state index in [0.29, 0.717) is 11.1 Å². The molecule has 256 valence electrons. The number of carbonyl (C=O) groups excluding carboxylic acids is 2. The van der Waals surface area contributed by atoms with E-state index in [2.05, 4.69) is 0 Å². The molecule has 0 N–H and O–H groups in total. The lowest BCUT2D eigenvalue weighted by atomic mass is 9.86. The van der Waals surface area contributed by atoms with Gasteiger partial charge in [-0.1, -0.05) is 109 Å². The van der Waals surface area contributed by atoms with Crippen LogP contribution < -0.4 is 4.74 Å². The third-order valence-electron chi connectivity index (χ3n) is 8.55. The molecule has 50 heavy (non-hydrogen) atoms. The topological polar surface area (TPSA) is 89.5 Å². The van der Waals surface area contributed by atoms with Gasteiger partial charge in [-0.15, -0.1) is 0 Å². The van der Waals surface area contributed by atoms with Crippen molar-refractivity contribution in [2.75, 3.05) is 7.11 Å². The van der Waals surface area contributed by atoms with Crippen LogP contribution in [0, 0.1) is 0 Å². The Labute approximate surface area is 292 Å². The van der Waals surface area contributed by atoms with Gasteiger partial charge >= 0.3 is 11.9 Å². The molecule has 6 rings (SSSR count). The predicted octanol–water partition coefficient (Wildman–Crippen LogP) is 7.61.